The van der Waals surface area contributed by atoms with E-state index >= 15 is 0 Å². The van der Waals surface area contributed by atoms with Crippen LogP contribution in [0.2, 0.25) is 9.36 Å². The molecule has 2 aromatic heterocycles. The van der Waals surface area contributed by atoms with Crippen molar-refractivity contribution in [2.24, 2.45) is 12.0 Å². The van der Waals surface area contributed by atoms with Crippen LogP contribution in [-0.2, 0) is 7.05 Å². The molecule has 0 unspecified atom stereocenters. The maximum Gasteiger partial charge on any atom is 0.289 e. The van der Waals surface area contributed by atoms with Crippen LogP contribution in [0.15, 0.2) is 29.3 Å². The van der Waals surface area contributed by atoms with Crippen molar-refractivity contribution in [3.8, 4) is 0 Å². The molecule has 0 bridgehead atoms. The van der Waals surface area contributed by atoms with Crippen LogP contribution in [0.5, 0.6) is 0 Å². The van der Waals surface area contributed by atoms with Crippen molar-refractivity contribution in [3.63, 3.8) is 0 Å². The molecule has 108 valence electrons. The molecule has 0 atom stereocenters. The first-order valence-corrected chi connectivity index (χ1v) is 8.45. The normalized spacial score (nSPS) is 12.3. The second kappa shape index (κ2) is 5.57. The molecule has 0 aliphatic carbocycles. The molecule has 3 nitrogen and oxygen atoms in total. The first kappa shape index (κ1) is 14.8. The molecule has 0 N–H and O–H groups in total. The fraction of sp³-hybridized carbons (Fsp3) is 0.143. The van der Waals surface area contributed by atoms with Gasteiger partial charge in [0, 0.05) is 7.05 Å². The number of hydrogen-bond donors (Lipinski definition) is 0. The van der Waals surface area contributed by atoms with Gasteiger partial charge < -0.3 is 4.57 Å². The third kappa shape index (κ3) is 2.66. The molecular formula is C14H10Cl2N2OS2. The highest BCUT2D eigenvalue weighted by Crippen LogP contribution is 2.28. The van der Waals surface area contributed by atoms with E-state index in [1.807, 2.05) is 30.7 Å². The first-order chi connectivity index (χ1) is 9.97. The van der Waals surface area contributed by atoms with E-state index in [0.29, 0.717) is 19.0 Å². The Morgan fingerprint density at radius 3 is 2.57 bits per heavy atom. The molecule has 0 spiro atoms. The second-order valence-electron chi connectivity index (χ2n) is 4.51. The van der Waals surface area contributed by atoms with E-state index < -0.39 is 0 Å². The Bertz CT molecular complexity index is 921. The van der Waals surface area contributed by atoms with Crippen LogP contribution < -0.4 is 4.80 Å². The summed E-state index contributed by atoms with van der Waals surface area (Å²) in [7, 11) is 1.88. The monoisotopic (exact) mass is 356 g/mol. The number of rotatable bonds is 1. The number of thiophene rings is 1. The average molecular weight is 357 g/mol. The van der Waals surface area contributed by atoms with Gasteiger partial charge in [0.2, 0.25) is 0 Å². The van der Waals surface area contributed by atoms with Crippen LogP contribution in [0.3, 0.4) is 0 Å². The lowest BCUT2D eigenvalue weighted by atomic mass is 10.2. The largest absolute Gasteiger partial charge is 0.319 e. The fourth-order valence-electron chi connectivity index (χ4n) is 2.08. The zero-order chi connectivity index (χ0) is 15.1. The molecule has 0 saturated carbocycles. The van der Waals surface area contributed by atoms with Crippen LogP contribution in [0, 0.1) is 6.92 Å². The molecule has 7 heteroatoms. The predicted octanol–water partition coefficient (Wildman–Crippen LogP) is 4.66. The van der Waals surface area contributed by atoms with Crippen LogP contribution in [0.1, 0.15) is 15.2 Å². The Kier molecular flexibility index (Phi) is 3.92. The predicted molar refractivity (Wildman–Crippen MR) is 89.8 cm³/mol. The van der Waals surface area contributed by atoms with E-state index in [9.17, 15) is 4.79 Å². The van der Waals surface area contributed by atoms with Gasteiger partial charge in [0.15, 0.2) is 4.80 Å². The van der Waals surface area contributed by atoms with Crippen molar-refractivity contribution in [2.45, 2.75) is 6.92 Å². The quantitative estimate of drug-likeness (QED) is 0.624. The van der Waals surface area contributed by atoms with Crippen molar-refractivity contribution in [2.75, 3.05) is 0 Å². The summed E-state index contributed by atoms with van der Waals surface area (Å²) in [4.78, 5) is 17.5. The number of thiazole rings is 1. The van der Waals surface area contributed by atoms with Crippen LogP contribution >= 0.6 is 45.9 Å². The molecule has 0 radical (unpaired) electrons. The number of benzene rings is 1. The molecule has 3 aromatic rings. The smallest absolute Gasteiger partial charge is 0.289 e. The molecule has 2 heterocycles. The number of aromatic nitrogens is 1. The highest BCUT2D eigenvalue weighted by molar-refractivity contribution is 7.18. The average Bonchev–Trinajstić information content (AvgIpc) is 3.00. The van der Waals surface area contributed by atoms with Crippen LogP contribution in [-0.4, -0.2) is 10.5 Å². The Labute approximate surface area is 139 Å². The Balaban J connectivity index is 2.19. The number of halogens is 2. The van der Waals surface area contributed by atoms with Crippen LogP contribution in [0.25, 0.3) is 10.2 Å². The lowest BCUT2D eigenvalue weighted by Gasteiger charge is -2.00. The van der Waals surface area contributed by atoms with E-state index in [1.165, 1.54) is 22.7 Å². The van der Waals surface area contributed by atoms with E-state index in [0.717, 1.165) is 15.8 Å². The summed E-state index contributed by atoms with van der Waals surface area (Å²) >= 11 is 14.7. The minimum absolute atomic E-state index is 0.289. The fourth-order valence-corrected chi connectivity index (χ4v) is 4.38. The lowest BCUT2D eigenvalue weighted by Crippen LogP contribution is -2.13. The number of carbonyl (C=O) groups is 1. The number of amides is 1. The standard InChI is InChI=1S/C14H10Cl2N2OS2/c1-7-3-4-8(15)12-11(7)18(2)14(21-12)17-13(19)9-5-6-10(16)20-9/h3-6H,1-2H3. The first-order valence-electron chi connectivity index (χ1n) is 6.06. The molecule has 0 aliphatic heterocycles. The SMILES string of the molecule is Cc1ccc(Cl)c2sc(=NC(=O)c3ccc(Cl)s3)n(C)c12. The minimum Gasteiger partial charge on any atom is -0.319 e. The van der Waals surface area contributed by atoms with E-state index in [2.05, 4.69) is 4.99 Å². The highest BCUT2D eigenvalue weighted by atomic mass is 35.5. The molecule has 3 rings (SSSR count). The van der Waals surface area contributed by atoms with Crippen molar-refractivity contribution >= 4 is 62.0 Å². The number of nitrogens with zero attached hydrogens (tertiary/aromatic N) is 2. The summed E-state index contributed by atoms with van der Waals surface area (Å²) in [6.07, 6.45) is 0. The summed E-state index contributed by atoms with van der Waals surface area (Å²) in [5.41, 5.74) is 2.10. The zero-order valence-corrected chi connectivity index (χ0v) is 14.3. The summed E-state index contributed by atoms with van der Waals surface area (Å²) in [5.74, 6) is -0.289. The Morgan fingerprint density at radius 1 is 1.19 bits per heavy atom. The van der Waals surface area contributed by atoms with Gasteiger partial charge in [-0.1, -0.05) is 40.6 Å². The van der Waals surface area contributed by atoms with Crippen LogP contribution in [0.4, 0.5) is 0 Å². The molecule has 0 fully saturated rings. The minimum atomic E-state index is -0.289. The van der Waals surface area contributed by atoms with E-state index in [4.69, 9.17) is 23.2 Å². The number of fused-ring (bicyclic) bond motifs is 1. The highest BCUT2D eigenvalue weighted by Gasteiger charge is 2.12. The van der Waals surface area contributed by atoms with Gasteiger partial charge in [-0.3, -0.25) is 4.79 Å². The van der Waals surface area contributed by atoms with Gasteiger partial charge in [0.1, 0.15) is 0 Å². The number of carbonyl (C=O) groups excluding carboxylic acids is 1. The molecule has 1 aromatic carbocycles. The molecular weight excluding hydrogens is 347 g/mol. The maximum atomic E-state index is 12.2. The van der Waals surface area contributed by atoms with Crippen molar-refractivity contribution in [1.82, 2.24) is 4.57 Å². The van der Waals surface area contributed by atoms with Crippen molar-refractivity contribution in [1.29, 1.82) is 0 Å². The summed E-state index contributed by atoms with van der Waals surface area (Å²) in [6, 6.07) is 7.20. The van der Waals surface area contributed by atoms with Gasteiger partial charge in [-0.05, 0) is 30.7 Å². The Hall–Kier alpha value is -1.14. The second-order valence-corrected chi connectivity index (χ2v) is 7.61. The van der Waals surface area contributed by atoms with Crippen molar-refractivity contribution in [3.05, 3.63) is 48.9 Å². The molecule has 0 saturated heterocycles. The lowest BCUT2D eigenvalue weighted by molar-refractivity contribution is 0.100. The van der Waals surface area contributed by atoms with Gasteiger partial charge in [-0.2, -0.15) is 4.99 Å². The molecule has 21 heavy (non-hydrogen) atoms. The molecule has 1 amide bonds. The van der Waals surface area contributed by atoms with Gasteiger partial charge in [-0.25, -0.2) is 0 Å². The summed E-state index contributed by atoms with van der Waals surface area (Å²) in [5, 5.41) is 0.671. The summed E-state index contributed by atoms with van der Waals surface area (Å²) < 4.78 is 3.41. The Morgan fingerprint density at radius 2 is 1.95 bits per heavy atom. The number of aryl methyl sites for hydroxylation is 2. The van der Waals surface area contributed by atoms with Gasteiger partial charge >= 0.3 is 0 Å². The van der Waals surface area contributed by atoms with Gasteiger partial charge in [0.05, 0.1) is 24.5 Å². The maximum absolute atomic E-state index is 12.2. The van der Waals surface area contributed by atoms with Gasteiger partial charge in [0.25, 0.3) is 5.91 Å². The van der Waals surface area contributed by atoms with E-state index in [1.54, 1.807) is 12.1 Å². The molecule has 0 aliphatic rings. The topological polar surface area (TPSA) is 34.4 Å². The third-order valence-corrected chi connectivity index (χ3v) is 5.89. The third-order valence-electron chi connectivity index (χ3n) is 3.08. The number of hydrogen-bond acceptors (Lipinski definition) is 3. The summed E-state index contributed by atoms with van der Waals surface area (Å²) in [6.45, 7) is 2.01. The van der Waals surface area contributed by atoms with E-state index in [-0.39, 0.29) is 5.91 Å². The van der Waals surface area contributed by atoms with Crippen molar-refractivity contribution < 1.29 is 4.79 Å². The zero-order valence-electron chi connectivity index (χ0n) is 11.2. The van der Waals surface area contributed by atoms with Gasteiger partial charge in [-0.15, -0.1) is 11.3 Å².